The van der Waals surface area contributed by atoms with Gasteiger partial charge in [-0.1, -0.05) is 37.1 Å². The molecule has 4 rings (SSSR count). The molecule has 1 aliphatic carbocycles. The highest BCUT2D eigenvalue weighted by Gasteiger charge is 2.44. The zero-order valence-electron chi connectivity index (χ0n) is 17.5. The lowest BCUT2D eigenvalue weighted by Crippen LogP contribution is -2.44. The molecule has 0 bridgehead atoms. The van der Waals surface area contributed by atoms with Crippen LogP contribution < -0.4 is 14.8 Å². The molecule has 1 N–H and O–H groups in total. The quantitative estimate of drug-likeness (QED) is 0.761. The van der Waals surface area contributed by atoms with Crippen LogP contribution in [0.25, 0.3) is 0 Å². The Hall–Kier alpha value is -3.02. The van der Waals surface area contributed by atoms with Crippen LogP contribution in [-0.2, 0) is 11.2 Å². The lowest BCUT2D eigenvalue weighted by molar-refractivity contribution is -0.126. The van der Waals surface area contributed by atoms with Crippen LogP contribution in [0.1, 0.15) is 53.2 Å². The fourth-order valence-corrected chi connectivity index (χ4v) is 4.63. The van der Waals surface area contributed by atoms with Crippen LogP contribution in [0.15, 0.2) is 42.5 Å². The van der Waals surface area contributed by atoms with Gasteiger partial charge in [-0.3, -0.25) is 9.59 Å². The molecule has 2 aliphatic rings. The molecule has 6 nitrogen and oxygen atoms in total. The lowest BCUT2D eigenvalue weighted by Gasteiger charge is -2.30. The summed E-state index contributed by atoms with van der Waals surface area (Å²) in [5.41, 5.74) is 2.52. The highest BCUT2D eigenvalue weighted by Crippen LogP contribution is 2.39. The summed E-state index contributed by atoms with van der Waals surface area (Å²) >= 11 is 0. The number of methoxy groups -OCH3 is 2. The average Bonchev–Trinajstić information content (AvgIpc) is 3.40. The predicted molar refractivity (Wildman–Crippen MR) is 114 cm³/mol. The van der Waals surface area contributed by atoms with Crippen molar-refractivity contribution in [2.24, 2.45) is 0 Å². The van der Waals surface area contributed by atoms with Crippen LogP contribution in [0.2, 0.25) is 0 Å². The van der Waals surface area contributed by atoms with Gasteiger partial charge in [0.2, 0.25) is 5.91 Å². The van der Waals surface area contributed by atoms with Gasteiger partial charge in [0.25, 0.3) is 5.91 Å². The third-order valence-corrected chi connectivity index (χ3v) is 6.13. The van der Waals surface area contributed by atoms with E-state index < -0.39 is 6.04 Å². The van der Waals surface area contributed by atoms with Crippen molar-refractivity contribution in [3.63, 3.8) is 0 Å². The molecule has 0 aromatic heterocycles. The fourth-order valence-electron chi connectivity index (χ4n) is 4.63. The summed E-state index contributed by atoms with van der Waals surface area (Å²) in [7, 11) is 3.21. The summed E-state index contributed by atoms with van der Waals surface area (Å²) in [4.78, 5) is 28.1. The summed E-state index contributed by atoms with van der Waals surface area (Å²) in [6.45, 7) is 0.486. The minimum absolute atomic E-state index is 0.0162. The van der Waals surface area contributed by atoms with Gasteiger partial charge in [0.1, 0.15) is 6.04 Å². The standard InChI is InChI=1S/C24H28N2O4/c1-29-20-12-11-16(15-21(20)30-2)13-14-25-23(27)22-18-9-5-6-10-19(18)24(28)26(22)17-7-3-4-8-17/h5-6,9-12,15,17,22H,3-4,7-8,13-14H2,1-2H3,(H,25,27)/t22-/m0/s1. The van der Waals surface area contributed by atoms with E-state index in [0.717, 1.165) is 36.8 Å². The van der Waals surface area contributed by atoms with E-state index in [1.165, 1.54) is 0 Å². The molecule has 0 spiro atoms. The Morgan fingerprint density at radius 3 is 2.53 bits per heavy atom. The van der Waals surface area contributed by atoms with Crippen LogP contribution in [0.5, 0.6) is 11.5 Å². The molecular formula is C24H28N2O4. The Kier molecular flexibility index (Phi) is 5.93. The third kappa shape index (κ3) is 3.74. The zero-order valence-corrected chi connectivity index (χ0v) is 17.5. The number of carbonyl (C=O) groups excluding carboxylic acids is 2. The third-order valence-electron chi connectivity index (χ3n) is 6.13. The minimum atomic E-state index is -0.540. The molecular weight excluding hydrogens is 380 g/mol. The number of carbonyl (C=O) groups is 2. The second kappa shape index (κ2) is 8.78. The summed E-state index contributed by atoms with van der Waals surface area (Å²) in [6, 6.07) is 12.8. The van der Waals surface area contributed by atoms with E-state index in [2.05, 4.69) is 5.32 Å². The van der Waals surface area contributed by atoms with Crippen molar-refractivity contribution in [2.75, 3.05) is 20.8 Å². The second-order valence-electron chi connectivity index (χ2n) is 7.87. The molecule has 0 unspecified atom stereocenters. The highest BCUT2D eigenvalue weighted by molar-refractivity contribution is 6.04. The number of rotatable bonds is 7. The molecule has 0 saturated heterocycles. The van der Waals surface area contributed by atoms with Crippen molar-refractivity contribution >= 4 is 11.8 Å². The van der Waals surface area contributed by atoms with Crippen molar-refractivity contribution in [1.29, 1.82) is 0 Å². The normalized spacial score (nSPS) is 18.4. The first kappa shape index (κ1) is 20.3. The maximum Gasteiger partial charge on any atom is 0.255 e. The molecule has 2 aromatic rings. The predicted octanol–water partition coefficient (Wildman–Crippen LogP) is 3.50. The molecule has 30 heavy (non-hydrogen) atoms. The van der Waals surface area contributed by atoms with E-state index in [-0.39, 0.29) is 17.9 Å². The topological polar surface area (TPSA) is 67.9 Å². The van der Waals surface area contributed by atoms with Crippen LogP contribution in [-0.4, -0.2) is 43.5 Å². The van der Waals surface area contributed by atoms with E-state index in [4.69, 9.17) is 9.47 Å². The number of amides is 2. The van der Waals surface area contributed by atoms with E-state index in [1.807, 2.05) is 47.4 Å². The Morgan fingerprint density at radius 2 is 1.80 bits per heavy atom. The minimum Gasteiger partial charge on any atom is -0.493 e. The Labute approximate surface area is 177 Å². The van der Waals surface area contributed by atoms with Gasteiger partial charge in [-0.25, -0.2) is 0 Å². The largest absolute Gasteiger partial charge is 0.493 e. The maximum absolute atomic E-state index is 13.2. The Morgan fingerprint density at radius 1 is 1.07 bits per heavy atom. The Balaban J connectivity index is 1.47. The smallest absolute Gasteiger partial charge is 0.255 e. The SMILES string of the molecule is COc1ccc(CCNC(=O)[C@@H]2c3ccccc3C(=O)N2C2CCCC2)cc1OC. The number of hydrogen-bond donors (Lipinski definition) is 1. The van der Waals surface area contributed by atoms with Crippen molar-refractivity contribution in [3.05, 3.63) is 59.2 Å². The molecule has 2 aromatic carbocycles. The van der Waals surface area contributed by atoms with Gasteiger partial charge in [-0.05, 0) is 48.6 Å². The van der Waals surface area contributed by atoms with Crippen LogP contribution in [0.4, 0.5) is 0 Å². The van der Waals surface area contributed by atoms with Gasteiger partial charge in [-0.15, -0.1) is 0 Å². The van der Waals surface area contributed by atoms with Crippen LogP contribution in [0, 0.1) is 0 Å². The highest BCUT2D eigenvalue weighted by atomic mass is 16.5. The number of benzene rings is 2. The van der Waals surface area contributed by atoms with E-state index in [9.17, 15) is 9.59 Å². The number of hydrogen-bond acceptors (Lipinski definition) is 4. The van der Waals surface area contributed by atoms with Gasteiger partial charge >= 0.3 is 0 Å². The number of fused-ring (bicyclic) bond motifs is 1. The van der Waals surface area contributed by atoms with Crippen LogP contribution >= 0.6 is 0 Å². The first-order chi connectivity index (χ1) is 14.6. The monoisotopic (exact) mass is 408 g/mol. The number of ether oxygens (including phenoxy) is 2. The number of nitrogens with zero attached hydrogens (tertiary/aromatic N) is 1. The van der Waals surface area contributed by atoms with E-state index in [0.29, 0.717) is 30.0 Å². The van der Waals surface area contributed by atoms with E-state index in [1.54, 1.807) is 14.2 Å². The van der Waals surface area contributed by atoms with Gasteiger partial charge in [-0.2, -0.15) is 0 Å². The molecule has 6 heteroatoms. The van der Waals surface area contributed by atoms with Gasteiger partial charge in [0.05, 0.1) is 14.2 Å². The van der Waals surface area contributed by atoms with E-state index >= 15 is 0 Å². The fraction of sp³-hybridized carbons (Fsp3) is 0.417. The van der Waals surface area contributed by atoms with Gasteiger partial charge in [0, 0.05) is 18.2 Å². The van der Waals surface area contributed by atoms with Gasteiger partial charge in [0.15, 0.2) is 11.5 Å². The molecule has 2 amide bonds. The summed E-state index contributed by atoms with van der Waals surface area (Å²) in [5.74, 6) is 1.22. The maximum atomic E-state index is 13.2. The van der Waals surface area contributed by atoms with Crippen molar-refractivity contribution in [3.8, 4) is 11.5 Å². The molecule has 1 heterocycles. The second-order valence-corrected chi connectivity index (χ2v) is 7.87. The molecule has 1 saturated carbocycles. The van der Waals surface area contributed by atoms with Gasteiger partial charge < -0.3 is 19.7 Å². The van der Waals surface area contributed by atoms with Crippen molar-refractivity contribution < 1.29 is 19.1 Å². The molecule has 158 valence electrons. The molecule has 1 fully saturated rings. The first-order valence-corrected chi connectivity index (χ1v) is 10.5. The molecule has 0 radical (unpaired) electrons. The first-order valence-electron chi connectivity index (χ1n) is 10.5. The summed E-state index contributed by atoms with van der Waals surface area (Å²) in [6.07, 6.45) is 4.82. The van der Waals surface area contributed by atoms with Crippen LogP contribution in [0.3, 0.4) is 0 Å². The number of nitrogens with one attached hydrogen (secondary N) is 1. The van der Waals surface area contributed by atoms with Crippen molar-refractivity contribution in [1.82, 2.24) is 10.2 Å². The zero-order chi connectivity index (χ0) is 21.1. The summed E-state index contributed by atoms with van der Waals surface area (Å²) in [5, 5.41) is 3.05. The Bertz CT molecular complexity index is 937. The molecule has 1 aliphatic heterocycles. The average molecular weight is 408 g/mol. The summed E-state index contributed by atoms with van der Waals surface area (Å²) < 4.78 is 10.6. The molecule has 1 atom stereocenters. The van der Waals surface area contributed by atoms with Crippen molar-refractivity contribution in [2.45, 2.75) is 44.2 Å². The lowest BCUT2D eigenvalue weighted by atomic mass is 10.0.